The topological polar surface area (TPSA) is 0 Å². The molecule has 0 saturated heterocycles. The van der Waals surface area contributed by atoms with Gasteiger partial charge >= 0.3 is 0 Å². The van der Waals surface area contributed by atoms with Crippen LogP contribution in [0.3, 0.4) is 0 Å². The SMILES string of the molecule is [CH2]CCc1ccc2ccc(F)cc2c1. The lowest BCUT2D eigenvalue weighted by Crippen LogP contribution is -1.83. The van der Waals surface area contributed by atoms with Gasteiger partial charge in [-0.1, -0.05) is 31.2 Å². The molecule has 0 aliphatic carbocycles. The molecule has 71 valence electrons. The van der Waals surface area contributed by atoms with Crippen molar-refractivity contribution in [1.82, 2.24) is 0 Å². The molecule has 1 radical (unpaired) electrons. The van der Waals surface area contributed by atoms with Gasteiger partial charge in [-0.3, -0.25) is 0 Å². The van der Waals surface area contributed by atoms with E-state index in [-0.39, 0.29) is 5.82 Å². The number of hydrogen-bond donors (Lipinski definition) is 0. The minimum absolute atomic E-state index is 0.177. The first-order valence-corrected chi connectivity index (χ1v) is 4.77. The summed E-state index contributed by atoms with van der Waals surface area (Å²) < 4.78 is 12.9. The van der Waals surface area contributed by atoms with Crippen LogP contribution in [0.4, 0.5) is 4.39 Å². The van der Waals surface area contributed by atoms with Gasteiger partial charge in [0.05, 0.1) is 0 Å². The molecule has 0 fully saturated rings. The summed E-state index contributed by atoms with van der Waals surface area (Å²) >= 11 is 0. The van der Waals surface area contributed by atoms with Gasteiger partial charge in [0.1, 0.15) is 5.82 Å². The van der Waals surface area contributed by atoms with Crippen LogP contribution in [0.5, 0.6) is 0 Å². The Morgan fingerprint density at radius 3 is 2.57 bits per heavy atom. The van der Waals surface area contributed by atoms with Gasteiger partial charge in [0, 0.05) is 0 Å². The maximum Gasteiger partial charge on any atom is 0.123 e. The van der Waals surface area contributed by atoms with Crippen molar-refractivity contribution >= 4 is 10.8 Å². The smallest absolute Gasteiger partial charge is 0.123 e. The van der Waals surface area contributed by atoms with Crippen molar-refractivity contribution < 1.29 is 4.39 Å². The van der Waals surface area contributed by atoms with E-state index >= 15 is 0 Å². The maximum atomic E-state index is 12.9. The molecule has 2 rings (SSSR count). The Balaban J connectivity index is 2.52. The van der Waals surface area contributed by atoms with Gasteiger partial charge < -0.3 is 0 Å². The molecule has 0 aliphatic rings. The summed E-state index contributed by atoms with van der Waals surface area (Å²) in [5.41, 5.74) is 1.22. The highest BCUT2D eigenvalue weighted by Gasteiger charge is 1.97. The normalized spacial score (nSPS) is 10.7. The monoisotopic (exact) mass is 187 g/mol. The van der Waals surface area contributed by atoms with Crippen molar-refractivity contribution in [3.05, 3.63) is 54.7 Å². The van der Waals surface area contributed by atoms with E-state index in [9.17, 15) is 4.39 Å². The molecule has 0 aromatic heterocycles. The Kier molecular flexibility index (Phi) is 2.49. The molecule has 0 nitrogen and oxygen atoms in total. The molecule has 0 N–H and O–H groups in total. The number of rotatable bonds is 2. The summed E-state index contributed by atoms with van der Waals surface area (Å²) in [6.45, 7) is 3.80. The fraction of sp³-hybridized carbons (Fsp3) is 0.154. The second kappa shape index (κ2) is 3.79. The fourth-order valence-corrected chi connectivity index (χ4v) is 1.63. The van der Waals surface area contributed by atoms with Crippen molar-refractivity contribution in [1.29, 1.82) is 0 Å². The summed E-state index contributed by atoms with van der Waals surface area (Å²) in [6.07, 6.45) is 1.83. The van der Waals surface area contributed by atoms with Gasteiger partial charge in [-0.25, -0.2) is 4.39 Å². The van der Waals surface area contributed by atoms with Crippen LogP contribution in [-0.4, -0.2) is 0 Å². The van der Waals surface area contributed by atoms with Crippen LogP contribution in [0, 0.1) is 12.7 Å². The molecule has 2 aromatic rings. The second-order valence-electron chi connectivity index (χ2n) is 3.43. The van der Waals surface area contributed by atoms with E-state index in [4.69, 9.17) is 0 Å². The van der Waals surface area contributed by atoms with Gasteiger partial charge in [-0.2, -0.15) is 0 Å². The number of aryl methyl sites for hydroxylation is 1. The maximum absolute atomic E-state index is 12.9. The molecule has 0 unspecified atom stereocenters. The summed E-state index contributed by atoms with van der Waals surface area (Å²) in [6, 6.07) is 11.0. The highest BCUT2D eigenvalue weighted by Crippen LogP contribution is 2.18. The van der Waals surface area contributed by atoms with Crippen molar-refractivity contribution in [2.75, 3.05) is 0 Å². The molecular formula is C13H12F. The van der Waals surface area contributed by atoms with E-state index in [1.165, 1.54) is 11.6 Å². The third-order valence-electron chi connectivity index (χ3n) is 2.33. The van der Waals surface area contributed by atoms with Gasteiger partial charge in [0.25, 0.3) is 0 Å². The number of benzene rings is 2. The zero-order valence-electron chi connectivity index (χ0n) is 7.96. The van der Waals surface area contributed by atoms with Crippen LogP contribution in [0.1, 0.15) is 12.0 Å². The van der Waals surface area contributed by atoms with E-state index in [0.29, 0.717) is 0 Å². The minimum atomic E-state index is -0.177. The largest absolute Gasteiger partial charge is 0.207 e. The average molecular weight is 187 g/mol. The van der Waals surface area contributed by atoms with E-state index in [1.54, 1.807) is 12.1 Å². The molecule has 0 aliphatic heterocycles. The molecule has 1 heteroatoms. The lowest BCUT2D eigenvalue weighted by molar-refractivity contribution is 0.630. The highest BCUT2D eigenvalue weighted by molar-refractivity contribution is 5.83. The van der Waals surface area contributed by atoms with Crippen molar-refractivity contribution in [3.8, 4) is 0 Å². The lowest BCUT2D eigenvalue weighted by atomic mass is 10.0. The zero-order chi connectivity index (χ0) is 9.97. The molecule has 0 heterocycles. The minimum Gasteiger partial charge on any atom is -0.207 e. The Labute approximate surface area is 83.4 Å². The van der Waals surface area contributed by atoms with E-state index < -0.39 is 0 Å². The Hall–Kier alpha value is -1.37. The van der Waals surface area contributed by atoms with Crippen LogP contribution < -0.4 is 0 Å². The van der Waals surface area contributed by atoms with Crippen LogP contribution in [0.15, 0.2) is 36.4 Å². The van der Waals surface area contributed by atoms with Crippen LogP contribution in [0.2, 0.25) is 0 Å². The van der Waals surface area contributed by atoms with Crippen LogP contribution in [-0.2, 0) is 6.42 Å². The molecule has 0 saturated carbocycles. The predicted molar refractivity (Wildman–Crippen MR) is 57.6 cm³/mol. The summed E-state index contributed by atoms with van der Waals surface area (Å²) in [5, 5.41) is 2.05. The third-order valence-corrected chi connectivity index (χ3v) is 2.33. The number of halogens is 1. The quantitative estimate of drug-likeness (QED) is 0.671. The summed E-state index contributed by atoms with van der Waals surface area (Å²) in [4.78, 5) is 0. The zero-order valence-corrected chi connectivity index (χ0v) is 7.96. The third kappa shape index (κ3) is 1.77. The number of fused-ring (bicyclic) bond motifs is 1. The molecule has 2 aromatic carbocycles. The Morgan fingerprint density at radius 2 is 1.79 bits per heavy atom. The van der Waals surface area contributed by atoms with E-state index in [1.807, 2.05) is 12.1 Å². The van der Waals surface area contributed by atoms with Gasteiger partial charge in [-0.05, 0) is 41.3 Å². The highest BCUT2D eigenvalue weighted by atomic mass is 19.1. The predicted octanol–water partition coefficient (Wildman–Crippen LogP) is 3.75. The summed E-state index contributed by atoms with van der Waals surface area (Å²) in [5.74, 6) is -0.177. The molecule has 0 bridgehead atoms. The first kappa shape index (κ1) is 9.20. The fourth-order valence-electron chi connectivity index (χ4n) is 1.63. The standard InChI is InChI=1S/C13H12F/c1-2-3-10-4-5-11-6-7-13(14)9-12(11)8-10/h4-9H,1-3H2. The van der Waals surface area contributed by atoms with Crippen LogP contribution >= 0.6 is 0 Å². The molecule has 0 atom stereocenters. The van der Waals surface area contributed by atoms with E-state index in [0.717, 1.165) is 23.6 Å². The van der Waals surface area contributed by atoms with Gasteiger partial charge in [0.15, 0.2) is 0 Å². The second-order valence-corrected chi connectivity index (χ2v) is 3.43. The first-order chi connectivity index (χ1) is 6.79. The molecule has 0 spiro atoms. The van der Waals surface area contributed by atoms with Gasteiger partial charge in [-0.15, -0.1) is 0 Å². The lowest BCUT2D eigenvalue weighted by Gasteiger charge is -2.02. The molecule has 14 heavy (non-hydrogen) atoms. The average Bonchev–Trinajstić information content (AvgIpc) is 2.17. The Morgan fingerprint density at radius 1 is 1.00 bits per heavy atom. The summed E-state index contributed by atoms with van der Waals surface area (Å²) in [7, 11) is 0. The molecular weight excluding hydrogens is 175 g/mol. The van der Waals surface area contributed by atoms with Crippen molar-refractivity contribution in [2.24, 2.45) is 0 Å². The first-order valence-electron chi connectivity index (χ1n) is 4.77. The van der Waals surface area contributed by atoms with Gasteiger partial charge in [0.2, 0.25) is 0 Å². The Bertz CT molecular complexity index is 446. The van der Waals surface area contributed by atoms with Crippen molar-refractivity contribution in [2.45, 2.75) is 12.8 Å². The number of hydrogen-bond acceptors (Lipinski definition) is 0. The molecule has 0 amide bonds. The van der Waals surface area contributed by atoms with Crippen LogP contribution in [0.25, 0.3) is 10.8 Å². The van der Waals surface area contributed by atoms with Crippen molar-refractivity contribution in [3.63, 3.8) is 0 Å². The van der Waals surface area contributed by atoms with E-state index in [2.05, 4.69) is 13.0 Å².